The number of carbonyl (C=O) groups is 1. The summed E-state index contributed by atoms with van der Waals surface area (Å²) in [7, 11) is 0. The van der Waals surface area contributed by atoms with Gasteiger partial charge in [-0.25, -0.2) is 14.2 Å². The molecule has 1 fully saturated rings. The number of aliphatic carboxylic acids is 1. The van der Waals surface area contributed by atoms with Crippen LogP contribution in [-0.2, 0) is 20.9 Å². The number of aromatic nitrogens is 2. The van der Waals surface area contributed by atoms with Gasteiger partial charge in [0.25, 0.3) is 0 Å². The molecule has 2 aromatic carbocycles. The molecular weight excluding hydrogens is 661 g/mol. The molecule has 7 rings (SSSR count). The molecule has 0 spiro atoms. The van der Waals surface area contributed by atoms with Gasteiger partial charge in [-0.1, -0.05) is 29.8 Å². The van der Waals surface area contributed by atoms with Gasteiger partial charge in [-0.2, -0.15) is 0 Å². The molecule has 1 saturated heterocycles. The predicted molar refractivity (Wildman–Crippen MR) is 193 cm³/mol. The normalized spacial score (nSPS) is 20.8. The van der Waals surface area contributed by atoms with Crippen LogP contribution in [0.1, 0.15) is 89.5 Å². The van der Waals surface area contributed by atoms with Crippen LogP contribution in [0.25, 0.3) is 28.0 Å². The van der Waals surface area contributed by atoms with E-state index in [-0.39, 0.29) is 22.7 Å². The molecule has 50 heavy (non-hydrogen) atoms. The van der Waals surface area contributed by atoms with Crippen LogP contribution in [0.3, 0.4) is 0 Å². The minimum Gasteiger partial charge on any atom is -0.490 e. The van der Waals surface area contributed by atoms with Gasteiger partial charge in [-0.15, -0.1) is 0 Å². The summed E-state index contributed by atoms with van der Waals surface area (Å²) in [6.45, 7) is 12.8. The van der Waals surface area contributed by atoms with Gasteiger partial charge in [0.1, 0.15) is 33.9 Å². The minimum absolute atomic E-state index is 0.0932. The Hall–Kier alpha value is -3.70. The highest BCUT2D eigenvalue weighted by Crippen LogP contribution is 2.44. The first kappa shape index (κ1) is 36.1. The Morgan fingerprint density at radius 3 is 2.56 bits per heavy atom. The van der Waals surface area contributed by atoms with Gasteiger partial charge in [-0.3, -0.25) is 4.40 Å². The quantitative estimate of drug-likeness (QED) is 0.218. The summed E-state index contributed by atoms with van der Waals surface area (Å²) in [4.78, 5) is 20.2. The Balaban J connectivity index is 1.62. The van der Waals surface area contributed by atoms with E-state index < -0.39 is 24.3 Å². The first-order valence-electron chi connectivity index (χ1n) is 17.4. The van der Waals surface area contributed by atoms with Crippen LogP contribution in [0.4, 0.5) is 10.2 Å². The fourth-order valence-electron chi connectivity index (χ4n) is 7.13. The molecule has 0 amide bonds. The van der Waals surface area contributed by atoms with Crippen LogP contribution in [0, 0.1) is 12.7 Å². The van der Waals surface area contributed by atoms with Crippen LogP contribution in [-0.4, -0.2) is 62.6 Å². The van der Waals surface area contributed by atoms with Crippen LogP contribution in [0.15, 0.2) is 42.5 Å². The molecule has 0 aliphatic carbocycles. The molecule has 9 nitrogen and oxygen atoms in total. The number of hydrogen-bond acceptors (Lipinski definition) is 7. The summed E-state index contributed by atoms with van der Waals surface area (Å²) in [6.07, 6.45) is 2.57. The average molecular weight is 708 g/mol. The van der Waals surface area contributed by atoms with Crippen molar-refractivity contribution in [3.8, 4) is 28.1 Å². The number of carboxylic acids is 1. The third-order valence-corrected chi connectivity index (χ3v) is 10.2. The maximum Gasteiger partial charge on any atom is 0.337 e. The Morgan fingerprint density at radius 1 is 1.16 bits per heavy atom. The van der Waals surface area contributed by atoms with Gasteiger partial charge in [0.15, 0.2) is 6.10 Å². The van der Waals surface area contributed by atoms with Crippen molar-refractivity contribution < 1.29 is 33.6 Å². The van der Waals surface area contributed by atoms with Gasteiger partial charge in [0.2, 0.25) is 0 Å². The van der Waals surface area contributed by atoms with Gasteiger partial charge in [-0.05, 0) is 109 Å². The zero-order valence-corrected chi connectivity index (χ0v) is 30.4. The van der Waals surface area contributed by atoms with Crippen LogP contribution in [0.5, 0.6) is 5.75 Å². The zero-order valence-electron chi connectivity index (χ0n) is 29.7. The van der Waals surface area contributed by atoms with E-state index in [0.29, 0.717) is 83.3 Å². The molecule has 0 saturated carbocycles. The fraction of sp³-hybridized carbons (Fsp3) is 0.487. The molecule has 2 aromatic heterocycles. The number of aliphatic hydroxyl groups is 1. The Labute approximate surface area is 297 Å². The number of pyridine rings is 1. The lowest BCUT2D eigenvalue weighted by Crippen LogP contribution is -2.45. The molecule has 2 atom stereocenters. The number of halogens is 2. The SMILES string of the molecule is Cc1c([C@H](OC(C)(C)C)C(=O)O)c2n3c(Cl)c(nc3c1CO)-c1cccc(c1)-c1cc(F)ccc1O[C@@H](C)CCCCOC1(C)CCN2CC1. The maximum atomic E-state index is 14.7. The summed E-state index contributed by atoms with van der Waals surface area (Å²) in [5.41, 5.74) is 3.16. The number of rotatable bonds is 4. The van der Waals surface area contributed by atoms with Crippen molar-refractivity contribution in [1.29, 1.82) is 0 Å². The summed E-state index contributed by atoms with van der Waals surface area (Å²) in [5.74, 6) is -0.390. The van der Waals surface area contributed by atoms with Crippen molar-refractivity contribution in [3.63, 3.8) is 0 Å². The van der Waals surface area contributed by atoms with Crippen LogP contribution >= 0.6 is 11.6 Å². The molecule has 0 radical (unpaired) electrons. The van der Waals surface area contributed by atoms with Crippen molar-refractivity contribution in [1.82, 2.24) is 9.38 Å². The first-order valence-corrected chi connectivity index (χ1v) is 17.8. The molecule has 2 N–H and O–H groups in total. The average Bonchev–Trinajstić information content (AvgIpc) is 3.40. The molecule has 4 aromatic rings. The third kappa shape index (κ3) is 7.21. The number of benzene rings is 2. The van der Waals surface area contributed by atoms with Crippen molar-refractivity contribution in [2.45, 2.75) is 104 Å². The van der Waals surface area contributed by atoms with Gasteiger partial charge in [0, 0.05) is 42.0 Å². The zero-order chi connectivity index (χ0) is 36.0. The molecule has 6 bridgehead atoms. The number of nitrogens with zero attached hydrogens (tertiary/aromatic N) is 3. The topological polar surface area (TPSA) is 106 Å². The number of aliphatic hydroxyl groups excluding tert-OH is 1. The molecular formula is C39H47ClFN3O6. The van der Waals surface area contributed by atoms with E-state index >= 15 is 0 Å². The summed E-state index contributed by atoms with van der Waals surface area (Å²) in [6, 6.07) is 12.1. The highest BCUT2D eigenvalue weighted by molar-refractivity contribution is 6.32. The van der Waals surface area contributed by atoms with E-state index in [4.69, 9.17) is 30.8 Å². The van der Waals surface area contributed by atoms with Crippen molar-refractivity contribution in [2.24, 2.45) is 0 Å². The van der Waals surface area contributed by atoms with Crippen molar-refractivity contribution in [2.75, 3.05) is 24.6 Å². The Kier molecular flexibility index (Phi) is 10.2. The number of anilines is 1. The number of imidazole rings is 1. The van der Waals surface area contributed by atoms with E-state index in [1.54, 1.807) is 17.4 Å². The summed E-state index contributed by atoms with van der Waals surface area (Å²) >= 11 is 7.34. The summed E-state index contributed by atoms with van der Waals surface area (Å²) < 4.78 is 35.6. The molecule has 268 valence electrons. The number of fused-ring (bicyclic) bond motifs is 8. The lowest BCUT2D eigenvalue weighted by atomic mass is 9.91. The van der Waals surface area contributed by atoms with Crippen molar-refractivity contribution in [3.05, 3.63) is 70.1 Å². The number of carboxylic acid groups (broad SMARTS) is 1. The van der Waals surface area contributed by atoms with E-state index in [0.717, 1.165) is 24.8 Å². The molecule has 3 aliphatic rings. The lowest BCUT2D eigenvalue weighted by Gasteiger charge is -2.42. The number of ether oxygens (including phenoxy) is 3. The molecule has 3 aliphatic heterocycles. The Bertz CT molecular complexity index is 1900. The van der Waals surface area contributed by atoms with Gasteiger partial charge in [0.05, 0.1) is 23.9 Å². The maximum absolute atomic E-state index is 14.7. The van der Waals surface area contributed by atoms with E-state index in [1.807, 2.05) is 52.0 Å². The summed E-state index contributed by atoms with van der Waals surface area (Å²) in [5, 5.41) is 21.7. The standard InChI is InChI=1S/C39H47ClFN3O6/c1-23-10-7-8-19-48-39(6)15-17-43(18-16-39)36-31(33(37(46)47)50-38(3,4)5)24(2)29(22-45)35-42-32(34(40)44(35)36)26-12-9-11-25(20-26)28-21-27(41)13-14-30(28)49-23/h9,11-14,20-21,23,33,45H,7-8,10,15-19,22H2,1-6H3,(H,46,47)/t23-,33-/m0/s1. The number of hydrogen-bond donors (Lipinski definition) is 2. The lowest BCUT2D eigenvalue weighted by molar-refractivity contribution is -0.160. The monoisotopic (exact) mass is 707 g/mol. The van der Waals surface area contributed by atoms with Crippen LogP contribution < -0.4 is 9.64 Å². The highest BCUT2D eigenvalue weighted by atomic mass is 35.5. The second-order valence-corrected chi connectivity index (χ2v) is 15.1. The molecule has 5 heterocycles. The van der Waals surface area contributed by atoms with Crippen LogP contribution in [0.2, 0.25) is 5.15 Å². The third-order valence-electron chi connectivity index (χ3n) is 9.81. The van der Waals surface area contributed by atoms with Crippen molar-refractivity contribution >= 4 is 29.0 Å². The predicted octanol–water partition coefficient (Wildman–Crippen LogP) is 8.53. The van der Waals surface area contributed by atoms with E-state index in [9.17, 15) is 19.4 Å². The van der Waals surface area contributed by atoms with E-state index in [1.165, 1.54) is 12.1 Å². The highest BCUT2D eigenvalue weighted by Gasteiger charge is 2.39. The first-order chi connectivity index (χ1) is 23.7. The second kappa shape index (κ2) is 14.1. The second-order valence-electron chi connectivity index (χ2n) is 14.8. The fourth-order valence-corrected chi connectivity index (χ4v) is 7.44. The van der Waals surface area contributed by atoms with E-state index in [2.05, 4.69) is 11.8 Å². The largest absolute Gasteiger partial charge is 0.490 e. The van der Waals surface area contributed by atoms with Gasteiger partial charge < -0.3 is 29.3 Å². The van der Waals surface area contributed by atoms with Gasteiger partial charge >= 0.3 is 5.97 Å². The molecule has 0 unspecified atom stereocenters. The number of piperidine rings is 1. The Morgan fingerprint density at radius 2 is 1.88 bits per heavy atom. The smallest absolute Gasteiger partial charge is 0.337 e. The minimum atomic E-state index is -1.35. The molecule has 11 heteroatoms.